The van der Waals surface area contributed by atoms with Gasteiger partial charge in [-0.25, -0.2) is 4.68 Å². The van der Waals surface area contributed by atoms with Gasteiger partial charge in [-0.1, -0.05) is 41.9 Å². The van der Waals surface area contributed by atoms with E-state index in [0.717, 1.165) is 22.5 Å². The molecule has 0 aliphatic carbocycles. The third kappa shape index (κ3) is 3.05. The molecule has 24 heavy (non-hydrogen) atoms. The van der Waals surface area contributed by atoms with Crippen molar-refractivity contribution < 1.29 is 4.79 Å². The van der Waals surface area contributed by atoms with Crippen molar-refractivity contribution in [2.75, 3.05) is 5.32 Å². The molecule has 4 nitrogen and oxygen atoms in total. The first-order valence-electron chi connectivity index (χ1n) is 7.66. The summed E-state index contributed by atoms with van der Waals surface area (Å²) in [5, 5.41) is 7.65. The molecular weight excluding hydrogens is 322 g/mol. The van der Waals surface area contributed by atoms with Crippen LogP contribution in [0.4, 0.5) is 5.69 Å². The van der Waals surface area contributed by atoms with Crippen molar-refractivity contribution in [3.63, 3.8) is 0 Å². The normalized spacial score (nSPS) is 10.7. The Balaban J connectivity index is 1.96. The molecular formula is C19H18ClN3O. The second-order valence-electron chi connectivity index (χ2n) is 5.77. The van der Waals surface area contributed by atoms with Gasteiger partial charge in [-0.3, -0.25) is 4.79 Å². The maximum atomic E-state index is 12.7. The average molecular weight is 340 g/mol. The number of aromatic nitrogens is 2. The van der Waals surface area contributed by atoms with Crippen LogP contribution in [-0.4, -0.2) is 15.7 Å². The Morgan fingerprint density at radius 2 is 1.79 bits per heavy atom. The molecule has 0 saturated heterocycles. The third-order valence-electron chi connectivity index (χ3n) is 3.87. The van der Waals surface area contributed by atoms with E-state index in [2.05, 4.69) is 10.4 Å². The second kappa shape index (κ2) is 6.49. The minimum absolute atomic E-state index is 0.256. The Bertz CT molecular complexity index is 900. The lowest BCUT2D eigenvalue weighted by molar-refractivity contribution is 0.102. The quantitative estimate of drug-likeness (QED) is 0.751. The van der Waals surface area contributed by atoms with Crippen LogP contribution in [0.3, 0.4) is 0 Å². The molecule has 1 aromatic heterocycles. The van der Waals surface area contributed by atoms with E-state index in [4.69, 9.17) is 11.6 Å². The fourth-order valence-electron chi connectivity index (χ4n) is 2.55. The molecule has 122 valence electrons. The number of rotatable bonds is 3. The minimum atomic E-state index is -0.256. The Hall–Kier alpha value is -2.59. The van der Waals surface area contributed by atoms with Crippen LogP contribution in [0.25, 0.3) is 5.69 Å². The number of benzene rings is 2. The van der Waals surface area contributed by atoms with Crippen molar-refractivity contribution in [1.82, 2.24) is 9.78 Å². The first-order valence-corrected chi connectivity index (χ1v) is 8.04. The molecule has 0 unspecified atom stereocenters. The number of anilines is 1. The van der Waals surface area contributed by atoms with E-state index >= 15 is 0 Å². The number of carbonyl (C=O) groups is 1. The molecule has 1 heterocycles. The summed E-state index contributed by atoms with van der Waals surface area (Å²) < 4.78 is 1.58. The summed E-state index contributed by atoms with van der Waals surface area (Å²) in [6, 6.07) is 15.4. The van der Waals surface area contributed by atoms with Gasteiger partial charge in [0.2, 0.25) is 0 Å². The van der Waals surface area contributed by atoms with Gasteiger partial charge in [0.25, 0.3) is 5.91 Å². The van der Waals surface area contributed by atoms with Crippen molar-refractivity contribution >= 4 is 23.2 Å². The fraction of sp³-hybridized carbons (Fsp3) is 0.158. The number of nitrogens with zero attached hydrogens (tertiary/aromatic N) is 2. The Morgan fingerprint density at radius 3 is 2.50 bits per heavy atom. The zero-order valence-corrected chi connectivity index (χ0v) is 14.6. The number of hydrogen-bond acceptors (Lipinski definition) is 2. The molecule has 3 rings (SSSR count). The molecule has 3 aromatic rings. The molecule has 0 spiro atoms. The highest BCUT2D eigenvalue weighted by atomic mass is 35.5. The lowest BCUT2D eigenvalue weighted by atomic mass is 10.1. The number of nitrogens with one attached hydrogen (secondary N) is 1. The average Bonchev–Trinajstić information content (AvgIpc) is 2.86. The van der Waals surface area contributed by atoms with Gasteiger partial charge in [0.15, 0.2) is 0 Å². The maximum absolute atomic E-state index is 12.7. The van der Waals surface area contributed by atoms with Gasteiger partial charge in [-0.2, -0.15) is 5.10 Å². The van der Waals surface area contributed by atoms with Crippen molar-refractivity contribution in [1.29, 1.82) is 0 Å². The van der Waals surface area contributed by atoms with E-state index in [1.807, 2.05) is 62.4 Å². The smallest absolute Gasteiger partial charge is 0.260 e. The minimum Gasteiger partial charge on any atom is -0.322 e. The largest absolute Gasteiger partial charge is 0.322 e. The molecule has 2 aromatic carbocycles. The van der Waals surface area contributed by atoms with Crippen LogP contribution in [0.5, 0.6) is 0 Å². The van der Waals surface area contributed by atoms with Crippen molar-refractivity contribution in [3.05, 3.63) is 76.1 Å². The molecule has 0 radical (unpaired) electrons. The van der Waals surface area contributed by atoms with Gasteiger partial charge in [0, 0.05) is 5.69 Å². The maximum Gasteiger partial charge on any atom is 0.260 e. The van der Waals surface area contributed by atoms with Crippen LogP contribution in [0.2, 0.25) is 5.15 Å². The molecule has 0 bridgehead atoms. The summed E-state index contributed by atoms with van der Waals surface area (Å²) in [6.07, 6.45) is 0. The monoisotopic (exact) mass is 339 g/mol. The molecule has 0 aliphatic heterocycles. The summed E-state index contributed by atoms with van der Waals surface area (Å²) in [7, 11) is 0. The highest BCUT2D eigenvalue weighted by molar-refractivity contribution is 6.34. The van der Waals surface area contributed by atoms with Gasteiger partial charge in [-0.05, 0) is 50.1 Å². The number of hydrogen-bond donors (Lipinski definition) is 1. The summed E-state index contributed by atoms with van der Waals surface area (Å²) in [6.45, 7) is 5.72. The van der Waals surface area contributed by atoms with E-state index in [1.54, 1.807) is 11.6 Å². The molecule has 0 atom stereocenters. The lowest BCUT2D eigenvalue weighted by Gasteiger charge is -2.09. The van der Waals surface area contributed by atoms with Gasteiger partial charge >= 0.3 is 0 Å². The van der Waals surface area contributed by atoms with Crippen LogP contribution in [0.1, 0.15) is 27.2 Å². The first-order chi connectivity index (χ1) is 11.5. The highest BCUT2D eigenvalue weighted by Gasteiger charge is 2.21. The Morgan fingerprint density at radius 1 is 1.08 bits per heavy atom. The van der Waals surface area contributed by atoms with Crippen molar-refractivity contribution in [2.24, 2.45) is 0 Å². The number of aryl methyl sites for hydroxylation is 3. The van der Waals surface area contributed by atoms with E-state index in [9.17, 15) is 4.79 Å². The molecule has 5 heteroatoms. The van der Waals surface area contributed by atoms with Gasteiger partial charge < -0.3 is 5.32 Å². The summed E-state index contributed by atoms with van der Waals surface area (Å²) >= 11 is 6.44. The number of carbonyl (C=O) groups excluding carboxylic acids is 1. The van der Waals surface area contributed by atoms with E-state index < -0.39 is 0 Å². The molecule has 0 fully saturated rings. The molecule has 1 N–H and O–H groups in total. The predicted octanol–water partition coefficient (Wildman–Crippen LogP) is 4.70. The third-order valence-corrected chi connectivity index (χ3v) is 4.22. The number of amides is 1. The summed E-state index contributed by atoms with van der Waals surface area (Å²) in [4.78, 5) is 12.7. The Kier molecular flexibility index (Phi) is 4.40. The molecule has 0 aliphatic rings. The Labute approximate surface area is 146 Å². The van der Waals surface area contributed by atoms with E-state index in [0.29, 0.717) is 16.4 Å². The molecule has 0 saturated carbocycles. The zero-order valence-electron chi connectivity index (χ0n) is 13.8. The summed E-state index contributed by atoms with van der Waals surface area (Å²) in [5.74, 6) is -0.256. The molecule has 1 amide bonds. The van der Waals surface area contributed by atoms with Crippen LogP contribution in [0.15, 0.2) is 48.5 Å². The topological polar surface area (TPSA) is 46.9 Å². The lowest BCUT2D eigenvalue weighted by Crippen LogP contribution is -2.14. The number of halogens is 1. The van der Waals surface area contributed by atoms with Crippen LogP contribution < -0.4 is 5.32 Å². The first kappa shape index (κ1) is 16.3. The van der Waals surface area contributed by atoms with Crippen molar-refractivity contribution in [2.45, 2.75) is 20.8 Å². The zero-order chi connectivity index (χ0) is 17.3. The van der Waals surface area contributed by atoms with Crippen molar-refractivity contribution in [3.8, 4) is 5.69 Å². The number of para-hydroxylation sites is 1. The second-order valence-corrected chi connectivity index (χ2v) is 6.13. The van der Waals surface area contributed by atoms with Gasteiger partial charge in [-0.15, -0.1) is 0 Å². The predicted molar refractivity (Wildman–Crippen MR) is 97.2 cm³/mol. The van der Waals surface area contributed by atoms with Gasteiger partial charge in [0.1, 0.15) is 10.7 Å². The summed E-state index contributed by atoms with van der Waals surface area (Å²) in [5.41, 5.74) is 4.66. The van der Waals surface area contributed by atoms with Gasteiger partial charge in [0.05, 0.1) is 11.4 Å². The standard InChI is InChI=1S/C19H18ClN3O/c1-12-9-10-13(2)16(11-12)21-19(24)17-14(3)22-23(18(17)20)15-7-5-4-6-8-15/h4-11H,1-3H3,(H,21,24). The van der Waals surface area contributed by atoms with Crippen LogP contribution in [0, 0.1) is 20.8 Å². The van der Waals surface area contributed by atoms with Crippen LogP contribution in [-0.2, 0) is 0 Å². The highest BCUT2D eigenvalue weighted by Crippen LogP contribution is 2.25. The fourth-order valence-corrected chi connectivity index (χ4v) is 2.91. The van der Waals surface area contributed by atoms with Crippen LogP contribution >= 0.6 is 11.6 Å². The SMILES string of the molecule is Cc1ccc(C)c(NC(=O)c2c(C)nn(-c3ccccc3)c2Cl)c1. The van der Waals surface area contributed by atoms with E-state index in [-0.39, 0.29) is 5.91 Å². The van der Waals surface area contributed by atoms with E-state index in [1.165, 1.54) is 0 Å².